The van der Waals surface area contributed by atoms with Gasteiger partial charge in [-0.3, -0.25) is 4.79 Å². The lowest BCUT2D eigenvalue weighted by Crippen LogP contribution is -2.38. The van der Waals surface area contributed by atoms with Crippen molar-refractivity contribution in [3.05, 3.63) is 60.2 Å². The molecule has 0 aliphatic heterocycles. The van der Waals surface area contributed by atoms with Crippen LogP contribution in [0.1, 0.15) is 58.4 Å². The molecule has 1 N–H and O–H groups in total. The van der Waals surface area contributed by atoms with E-state index >= 15 is 0 Å². The van der Waals surface area contributed by atoms with Crippen LogP contribution in [0.5, 0.6) is 0 Å². The summed E-state index contributed by atoms with van der Waals surface area (Å²) in [5.41, 5.74) is 1.60. The number of carbonyl (C=O) groups is 1. The summed E-state index contributed by atoms with van der Waals surface area (Å²) in [5, 5.41) is 3.08. The highest BCUT2D eigenvalue weighted by Crippen LogP contribution is 2.15. The van der Waals surface area contributed by atoms with Crippen LogP contribution in [-0.4, -0.2) is 37.3 Å². The van der Waals surface area contributed by atoms with Crippen LogP contribution in [0, 0.1) is 0 Å². The van der Waals surface area contributed by atoms with E-state index in [1.54, 1.807) is 6.08 Å². The molecule has 1 unspecified atom stereocenters. The van der Waals surface area contributed by atoms with E-state index in [0.717, 1.165) is 32.1 Å². The Morgan fingerprint density at radius 1 is 1.17 bits per heavy atom. The molecular formula is C23H36N2O3S. The molecule has 6 heteroatoms. The number of hydrogen-bond donors (Lipinski definition) is 2. The molecule has 0 radical (unpaired) electrons. The van der Waals surface area contributed by atoms with Crippen LogP contribution in [0.2, 0.25) is 0 Å². The number of nitrogens with one attached hydrogen (secondary N) is 1. The van der Waals surface area contributed by atoms with E-state index in [4.69, 9.17) is 0 Å². The molecule has 0 saturated carbocycles. The molecule has 0 saturated heterocycles. The molecular weight excluding hydrogens is 384 g/mol. The summed E-state index contributed by atoms with van der Waals surface area (Å²) in [7, 11) is -2.71. The van der Waals surface area contributed by atoms with Gasteiger partial charge in [-0.1, -0.05) is 82.7 Å². The summed E-state index contributed by atoms with van der Waals surface area (Å²) in [4.78, 5) is 12.9. The monoisotopic (exact) mass is 420 g/mol. The van der Waals surface area contributed by atoms with Crippen molar-refractivity contribution in [2.45, 2.75) is 71.4 Å². The predicted octanol–water partition coefficient (Wildman–Crippen LogP) is 4.03. The van der Waals surface area contributed by atoms with Gasteiger partial charge >= 0.3 is 0 Å². The Morgan fingerprint density at radius 3 is 2.38 bits per heavy atom. The Labute approximate surface area is 178 Å². The molecule has 0 fully saturated rings. The lowest BCUT2D eigenvalue weighted by Gasteiger charge is -2.24. The molecule has 0 spiro atoms. The molecule has 1 amide bonds. The second kappa shape index (κ2) is 14.1. The number of amides is 1. The van der Waals surface area contributed by atoms with Gasteiger partial charge in [-0.05, 0) is 31.2 Å². The zero-order chi connectivity index (χ0) is 21.6. The minimum absolute atomic E-state index is 0.00484. The molecule has 1 aromatic rings. The van der Waals surface area contributed by atoms with Gasteiger partial charge in [0.2, 0.25) is 10.9 Å². The van der Waals surface area contributed by atoms with Gasteiger partial charge in [-0.2, -0.15) is 4.31 Å². The Bertz CT molecular complexity index is 721. The smallest absolute Gasteiger partial charge is 0.251 e. The maximum Gasteiger partial charge on any atom is 0.251 e. The van der Waals surface area contributed by atoms with Crippen LogP contribution in [-0.2, 0) is 22.1 Å². The largest absolute Gasteiger partial charge is 0.349 e. The average Bonchev–Trinajstić information content (AvgIpc) is 2.72. The summed E-state index contributed by atoms with van der Waals surface area (Å²) in [6.07, 6.45) is 8.10. The predicted molar refractivity (Wildman–Crippen MR) is 121 cm³/mol. The normalized spacial score (nSPS) is 14.0. The molecule has 0 heterocycles. The summed E-state index contributed by atoms with van der Waals surface area (Å²) in [6, 6.07) is 9.73. The Morgan fingerprint density at radius 2 is 1.86 bits per heavy atom. The molecule has 29 heavy (non-hydrogen) atoms. The van der Waals surface area contributed by atoms with Gasteiger partial charge in [-0.25, -0.2) is 8.42 Å². The van der Waals surface area contributed by atoms with Crippen LogP contribution in [0.3, 0.4) is 0 Å². The minimum Gasteiger partial charge on any atom is -0.349 e. The number of benzene rings is 1. The van der Waals surface area contributed by atoms with Crippen molar-refractivity contribution in [1.82, 2.24) is 9.62 Å². The van der Waals surface area contributed by atoms with Crippen molar-refractivity contribution in [2.75, 3.05) is 6.54 Å². The summed E-state index contributed by atoms with van der Waals surface area (Å²) >= 11 is 0. The Kier molecular flexibility index (Phi) is 12.2. The highest BCUT2D eigenvalue weighted by atomic mass is 32.2. The number of unbranched alkanes of at least 4 members (excludes halogenated alkanes) is 1. The first-order valence-corrected chi connectivity index (χ1v) is 11.7. The number of rotatable bonds is 14. The van der Waals surface area contributed by atoms with Crippen molar-refractivity contribution < 1.29 is 13.2 Å². The SMILES string of the molecule is C=C/C(=C\C(CCCC)N(CCC)[SH](=O)=O)C(=O)N[C@H](CC)Cc1ccccc1. The van der Waals surface area contributed by atoms with Gasteiger partial charge in [-0.15, -0.1) is 0 Å². The second-order valence-electron chi connectivity index (χ2n) is 7.20. The minimum atomic E-state index is -2.71. The number of hydrogen-bond acceptors (Lipinski definition) is 3. The van der Waals surface area contributed by atoms with Crippen LogP contribution >= 0.6 is 0 Å². The quantitative estimate of drug-likeness (QED) is 0.271. The van der Waals surface area contributed by atoms with Gasteiger partial charge in [0.1, 0.15) is 0 Å². The van der Waals surface area contributed by atoms with E-state index in [-0.39, 0.29) is 18.0 Å². The van der Waals surface area contributed by atoms with Crippen LogP contribution in [0.4, 0.5) is 0 Å². The molecule has 0 aromatic heterocycles. The molecule has 0 aliphatic carbocycles. The fourth-order valence-electron chi connectivity index (χ4n) is 3.24. The number of nitrogens with zero attached hydrogens (tertiary/aromatic N) is 1. The van der Waals surface area contributed by atoms with Crippen molar-refractivity contribution in [2.24, 2.45) is 0 Å². The zero-order valence-electron chi connectivity index (χ0n) is 18.0. The van der Waals surface area contributed by atoms with Crippen LogP contribution in [0.15, 0.2) is 54.6 Å². The van der Waals surface area contributed by atoms with E-state index < -0.39 is 10.9 Å². The molecule has 0 bridgehead atoms. The standard InChI is InChI=1S/C23H36N2O3S/c1-5-9-15-22(25(16-6-2)29(27)28)18-20(7-3)23(26)24-21(8-4)17-19-13-11-10-12-14-19/h7,10-14,18,21-22,29H,3,5-6,8-9,15-17H2,1-2,4H3,(H,24,26)/b20-18+/t21-,22?/m1/s1. The lowest BCUT2D eigenvalue weighted by molar-refractivity contribution is -0.117. The van der Waals surface area contributed by atoms with Crippen molar-refractivity contribution in [3.8, 4) is 0 Å². The van der Waals surface area contributed by atoms with Gasteiger partial charge in [0.05, 0.1) is 0 Å². The van der Waals surface area contributed by atoms with Crippen LogP contribution < -0.4 is 5.32 Å². The van der Waals surface area contributed by atoms with E-state index in [1.807, 2.05) is 44.2 Å². The zero-order valence-corrected chi connectivity index (χ0v) is 18.9. The fourth-order valence-corrected chi connectivity index (χ4v) is 4.03. The maximum atomic E-state index is 12.9. The van der Waals surface area contributed by atoms with Gasteiger partial charge in [0.15, 0.2) is 0 Å². The van der Waals surface area contributed by atoms with E-state index in [0.29, 0.717) is 18.5 Å². The summed E-state index contributed by atoms with van der Waals surface area (Å²) in [5.74, 6) is -0.207. The molecule has 1 rings (SSSR count). The highest BCUT2D eigenvalue weighted by Gasteiger charge is 2.20. The van der Waals surface area contributed by atoms with Crippen molar-refractivity contribution >= 4 is 16.8 Å². The number of thiol groups is 1. The topological polar surface area (TPSA) is 66.5 Å². The summed E-state index contributed by atoms with van der Waals surface area (Å²) in [6.45, 7) is 10.3. The molecule has 1 aromatic carbocycles. The summed E-state index contributed by atoms with van der Waals surface area (Å²) < 4.78 is 25.0. The van der Waals surface area contributed by atoms with Gasteiger partial charge in [0.25, 0.3) is 5.91 Å². The second-order valence-corrected chi connectivity index (χ2v) is 8.19. The first-order chi connectivity index (χ1) is 14.0. The van der Waals surface area contributed by atoms with Crippen molar-refractivity contribution in [1.29, 1.82) is 0 Å². The van der Waals surface area contributed by atoms with Gasteiger partial charge in [0, 0.05) is 24.2 Å². The third-order valence-electron chi connectivity index (χ3n) is 4.91. The Balaban J connectivity index is 2.99. The first kappa shape index (κ1) is 25.1. The first-order valence-electron chi connectivity index (χ1n) is 10.6. The highest BCUT2D eigenvalue weighted by molar-refractivity contribution is 7.69. The van der Waals surface area contributed by atoms with Gasteiger partial charge < -0.3 is 5.32 Å². The Hall–Kier alpha value is -1.92. The third kappa shape index (κ3) is 8.96. The molecule has 162 valence electrons. The fraction of sp³-hybridized carbons (Fsp3) is 0.522. The van der Waals surface area contributed by atoms with E-state index in [2.05, 4.69) is 18.8 Å². The average molecular weight is 421 g/mol. The lowest BCUT2D eigenvalue weighted by atomic mass is 10.0. The number of carbonyl (C=O) groups excluding carboxylic acids is 1. The molecule has 5 nitrogen and oxygen atoms in total. The molecule has 0 aliphatic rings. The van der Waals surface area contributed by atoms with E-state index in [1.165, 1.54) is 15.9 Å². The van der Waals surface area contributed by atoms with Crippen LogP contribution in [0.25, 0.3) is 0 Å². The van der Waals surface area contributed by atoms with Crippen molar-refractivity contribution in [3.63, 3.8) is 0 Å². The van der Waals surface area contributed by atoms with E-state index in [9.17, 15) is 13.2 Å². The molecule has 2 atom stereocenters. The maximum absolute atomic E-state index is 12.9. The third-order valence-corrected chi connectivity index (χ3v) is 5.82.